The van der Waals surface area contributed by atoms with Crippen molar-refractivity contribution in [3.8, 4) is 17.1 Å². The van der Waals surface area contributed by atoms with Crippen molar-refractivity contribution in [2.24, 2.45) is 5.41 Å². The van der Waals surface area contributed by atoms with E-state index in [1.165, 1.54) is 34.1 Å². The van der Waals surface area contributed by atoms with Gasteiger partial charge in [0.1, 0.15) is 18.3 Å². The maximum Gasteiger partial charge on any atom is 0.451 e. The van der Waals surface area contributed by atoms with E-state index in [9.17, 15) is 31.2 Å². The zero-order chi connectivity index (χ0) is 38.5. The molecule has 2 aliphatic heterocycles. The number of ether oxygens (including phenoxy) is 1. The van der Waals surface area contributed by atoms with E-state index >= 15 is 0 Å². The van der Waals surface area contributed by atoms with Crippen LogP contribution in [0.4, 0.5) is 19.1 Å². The molecule has 6 rings (SSSR count). The predicted octanol–water partition coefficient (Wildman–Crippen LogP) is 6.25. The molecule has 2 aromatic carbocycles. The Hall–Kier alpha value is -4.83. The average molecular weight is 772 g/mol. The zero-order valence-electron chi connectivity index (χ0n) is 29.6. The van der Waals surface area contributed by atoms with E-state index in [2.05, 4.69) is 24.7 Å². The lowest BCUT2D eigenvalue weighted by Gasteiger charge is -2.37. The summed E-state index contributed by atoms with van der Waals surface area (Å²) in [6.45, 7) is 8.84. The molecule has 0 spiro atoms. The Bertz CT molecular complexity index is 2190. The second-order valence-corrected chi connectivity index (χ2v) is 16.3. The minimum absolute atomic E-state index is 0.0129. The Kier molecular flexibility index (Phi) is 10.2. The summed E-state index contributed by atoms with van der Waals surface area (Å²) in [4.78, 5) is 46.8. The highest BCUT2D eigenvalue weighted by Gasteiger charge is 2.38. The van der Waals surface area contributed by atoms with Gasteiger partial charge >= 0.3 is 6.18 Å². The number of aromatic nitrogens is 4. The number of carbonyl (C=O) groups is 2. The number of benzene rings is 2. The summed E-state index contributed by atoms with van der Waals surface area (Å²) in [5.74, 6) is -2.83. The van der Waals surface area contributed by atoms with E-state index in [-0.39, 0.29) is 59.3 Å². The normalized spacial score (nSPS) is 17.5. The van der Waals surface area contributed by atoms with Crippen LogP contribution in [-0.2, 0) is 34.0 Å². The first-order valence-corrected chi connectivity index (χ1v) is 18.6. The molecule has 4 bridgehead atoms. The van der Waals surface area contributed by atoms with Crippen LogP contribution in [0.15, 0.2) is 53.4 Å². The summed E-state index contributed by atoms with van der Waals surface area (Å²) < 4.78 is 76.6. The molecule has 12 nitrogen and oxygen atoms in total. The second kappa shape index (κ2) is 14.2. The van der Waals surface area contributed by atoms with Crippen LogP contribution in [0.5, 0.6) is 5.88 Å². The number of nitrogens with zero attached hydrogens (tertiary/aromatic N) is 6. The quantitative estimate of drug-likeness (QED) is 0.238. The highest BCUT2D eigenvalue weighted by Crippen LogP contribution is 2.33. The third-order valence-electron chi connectivity index (χ3n) is 8.96. The van der Waals surface area contributed by atoms with Crippen molar-refractivity contribution in [2.45, 2.75) is 71.1 Å². The third-order valence-corrected chi connectivity index (χ3v) is 10.6. The fourth-order valence-electron chi connectivity index (χ4n) is 6.52. The van der Waals surface area contributed by atoms with E-state index in [4.69, 9.17) is 16.3 Å². The van der Waals surface area contributed by atoms with Gasteiger partial charge in [0.25, 0.3) is 15.9 Å². The van der Waals surface area contributed by atoms with Crippen LogP contribution in [0.2, 0.25) is 5.15 Å². The van der Waals surface area contributed by atoms with Crippen molar-refractivity contribution in [3.63, 3.8) is 0 Å². The molecule has 1 N–H and O–H groups in total. The second-order valence-electron chi connectivity index (χ2n) is 14.3. The number of anilines is 1. The topological polar surface area (TPSA) is 148 Å². The number of alkyl halides is 3. The lowest BCUT2D eigenvalue weighted by molar-refractivity contribution is -0.145. The monoisotopic (exact) mass is 771 g/mol. The number of sulfonamides is 1. The van der Waals surface area contributed by atoms with Crippen molar-refractivity contribution in [1.29, 1.82) is 0 Å². The molecule has 1 atom stereocenters. The maximum atomic E-state index is 14.4. The Balaban J connectivity index is 1.41. The number of rotatable bonds is 4. The van der Waals surface area contributed by atoms with Gasteiger partial charge in [-0.2, -0.15) is 18.2 Å². The standard InChI is InChI=1S/C36H37ClF3N7O5S/c1-20-8-6-9-21(2)30(20)26-15-28-43-34(42-26)45-53(50,51)24-11-7-10-22(14-24)32(49)47(23(19-52-28)16-35(3,4)5)18-29(48)46-13-12-25-27(17-46)41-33(36(38,39)40)44-31(25)37/h6-11,14-15,23H,12-13,16-19H2,1-5H3,(H,42,43,45)/t23-/m1/s1. The molecule has 2 aromatic heterocycles. The number of hydrogen-bond donors (Lipinski definition) is 1. The molecule has 0 fully saturated rings. The molecule has 280 valence electrons. The summed E-state index contributed by atoms with van der Waals surface area (Å²) >= 11 is 6.09. The van der Waals surface area contributed by atoms with Crippen LogP contribution >= 0.6 is 11.6 Å². The van der Waals surface area contributed by atoms with E-state index < -0.39 is 51.8 Å². The van der Waals surface area contributed by atoms with Crippen LogP contribution in [0.1, 0.15) is 65.8 Å². The van der Waals surface area contributed by atoms with Gasteiger partial charge in [-0.1, -0.05) is 56.6 Å². The minimum atomic E-state index is -4.85. The van der Waals surface area contributed by atoms with Crippen LogP contribution < -0.4 is 9.46 Å². The van der Waals surface area contributed by atoms with Crippen molar-refractivity contribution in [2.75, 3.05) is 24.4 Å². The summed E-state index contributed by atoms with van der Waals surface area (Å²) in [6, 6.07) is 11.9. The van der Waals surface area contributed by atoms with Crippen molar-refractivity contribution in [1.82, 2.24) is 29.7 Å². The van der Waals surface area contributed by atoms with Gasteiger partial charge in [-0.05, 0) is 61.4 Å². The zero-order valence-corrected chi connectivity index (χ0v) is 31.2. The predicted molar refractivity (Wildman–Crippen MR) is 190 cm³/mol. The molecule has 0 saturated carbocycles. The highest BCUT2D eigenvalue weighted by molar-refractivity contribution is 7.92. The molecule has 0 aliphatic carbocycles. The molecular weight excluding hydrogens is 735 g/mol. The van der Waals surface area contributed by atoms with Crippen LogP contribution in [0, 0.1) is 19.3 Å². The van der Waals surface area contributed by atoms with Gasteiger partial charge < -0.3 is 14.5 Å². The SMILES string of the molecule is Cc1cccc(C)c1-c1cc2nc(n1)NS(=O)(=O)c1cccc(c1)C(=O)N(CC(=O)N1CCc3c(Cl)nc(C(F)(F)F)nc3C1)[C@H](CC(C)(C)C)CO2. The molecule has 2 amide bonds. The first-order valence-electron chi connectivity index (χ1n) is 16.7. The Labute approximate surface area is 309 Å². The first kappa shape index (κ1) is 37.9. The number of hydrogen-bond acceptors (Lipinski definition) is 9. The number of aryl methyl sites for hydroxylation is 2. The lowest BCUT2D eigenvalue weighted by Crippen LogP contribution is -2.51. The number of halogens is 4. The fourth-order valence-corrected chi connectivity index (χ4v) is 7.79. The van der Waals surface area contributed by atoms with E-state index in [0.717, 1.165) is 16.7 Å². The smallest absolute Gasteiger partial charge is 0.451 e. The number of amides is 2. The highest BCUT2D eigenvalue weighted by atomic mass is 35.5. The Morgan fingerprint density at radius 1 is 1.02 bits per heavy atom. The molecule has 0 saturated heterocycles. The summed E-state index contributed by atoms with van der Waals surface area (Å²) in [7, 11) is -4.33. The van der Waals surface area contributed by atoms with Gasteiger partial charge in [-0.15, -0.1) is 0 Å². The molecule has 0 unspecified atom stereocenters. The average Bonchev–Trinajstić information content (AvgIpc) is 3.07. The molecule has 4 aromatic rings. The lowest BCUT2D eigenvalue weighted by atomic mass is 9.87. The molecular formula is C36H37ClF3N7O5S. The third kappa shape index (κ3) is 8.38. The molecule has 53 heavy (non-hydrogen) atoms. The molecule has 0 radical (unpaired) electrons. The molecule has 17 heteroatoms. The van der Waals surface area contributed by atoms with E-state index in [0.29, 0.717) is 17.7 Å². The van der Waals surface area contributed by atoms with Gasteiger partial charge in [-0.25, -0.2) is 28.1 Å². The van der Waals surface area contributed by atoms with Crippen molar-refractivity contribution < 1.29 is 35.9 Å². The maximum absolute atomic E-state index is 14.4. The summed E-state index contributed by atoms with van der Waals surface area (Å²) in [5, 5.41) is -0.330. The molecule has 4 heterocycles. The largest absolute Gasteiger partial charge is 0.475 e. The fraction of sp³-hybridized carbons (Fsp3) is 0.389. The number of fused-ring (bicyclic) bond motifs is 5. The summed E-state index contributed by atoms with van der Waals surface area (Å²) in [5.41, 5.74) is 2.81. The van der Waals surface area contributed by atoms with Crippen LogP contribution in [0.3, 0.4) is 0 Å². The van der Waals surface area contributed by atoms with Crippen molar-refractivity contribution >= 4 is 39.4 Å². The summed E-state index contributed by atoms with van der Waals surface area (Å²) in [6.07, 6.45) is -4.41. The molecule has 2 aliphatic rings. The van der Waals surface area contributed by atoms with Crippen molar-refractivity contribution in [3.05, 3.63) is 87.5 Å². The van der Waals surface area contributed by atoms with Gasteiger partial charge in [0.2, 0.25) is 23.6 Å². The van der Waals surface area contributed by atoms with Gasteiger partial charge in [0.15, 0.2) is 0 Å². The minimum Gasteiger partial charge on any atom is -0.475 e. The Morgan fingerprint density at radius 3 is 2.40 bits per heavy atom. The van der Waals surface area contributed by atoms with E-state index in [1.54, 1.807) is 6.07 Å². The van der Waals surface area contributed by atoms with Crippen LogP contribution in [0.25, 0.3) is 11.3 Å². The first-order chi connectivity index (χ1) is 24.8. The van der Waals surface area contributed by atoms with Crippen LogP contribution in [-0.4, -0.2) is 75.7 Å². The van der Waals surface area contributed by atoms with Gasteiger partial charge in [0.05, 0.1) is 28.9 Å². The Morgan fingerprint density at radius 2 is 1.72 bits per heavy atom. The number of carbonyl (C=O) groups excluding carboxylic acids is 2. The van der Waals surface area contributed by atoms with Gasteiger partial charge in [-0.3, -0.25) is 9.59 Å². The number of nitrogens with one attached hydrogen (secondary N) is 1. The van der Waals surface area contributed by atoms with Gasteiger partial charge in [0, 0.05) is 29.3 Å². The van der Waals surface area contributed by atoms with E-state index in [1.807, 2.05) is 52.8 Å².